The van der Waals surface area contributed by atoms with Crippen LogP contribution in [0.25, 0.3) is 0 Å². The minimum absolute atomic E-state index is 0.0137. The van der Waals surface area contributed by atoms with Crippen molar-refractivity contribution in [2.45, 2.75) is 147 Å². The minimum atomic E-state index is -1.00. The number of ketones is 1. The second-order valence-corrected chi connectivity index (χ2v) is 17.0. The van der Waals surface area contributed by atoms with E-state index in [1.807, 2.05) is 52.8 Å². The van der Waals surface area contributed by atoms with Gasteiger partial charge < -0.3 is 53.4 Å². The lowest BCUT2D eigenvalue weighted by Gasteiger charge is -2.39. The fourth-order valence-corrected chi connectivity index (χ4v) is 8.64. The SMILES string of the molecule is CO[C@H]([C@H](C)/C=C/N(C)C=O)[C@@H](C)C(=O)CC[C@H](C)[C@H](O)[C@H](C)[C@H]1OC(=O)C=C/C(C)=C/[C@H](O)[C@H](OC)C[C@@H]2C=CC[C@@H](C[C@H](O)[C@@]3(CO3)[C@@H](OC)C[C@@H](OC)[C@@H]1C)O2. The summed E-state index contributed by atoms with van der Waals surface area (Å²) in [6, 6.07) is 0. The third-order valence-corrected chi connectivity index (χ3v) is 12.7. The van der Waals surface area contributed by atoms with Gasteiger partial charge in [0.15, 0.2) is 0 Å². The maximum absolute atomic E-state index is 13.6. The summed E-state index contributed by atoms with van der Waals surface area (Å²) in [7, 11) is 7.84. The molecule has 2 bridgehead atoms. The molecule has 3 rings (SSSR count). The molecule has 0 aromatic heterocycles. The molecule has 3 heterocycles. The van der Waals surface area contributed by atoms with E-state index in [1.54, 1.807) is 53.7 Å². The van der Waals surface area contributed by atoms with Crippen molar-refractivity contribution in [1.82, 2.24) is 4.90 Å². The first-order chi connectivity index (χ1) is 28.0. The molecule has 1 amide bonds. The van der Waals surface area contributed by atoms with Crippen molar-refractivity contribution >= 4 is 18.2 Å². The van der Waals surface area contributed by atoms with Crippen LogP contribution in [0.15, 0.2) is 48.2 Å². The van der Waals surface area contributed by atoms with Gasteiger partial charge in [0.1, 0.15) is 17.5 Å². The molecule has 1 fully saturated rings. The summed E-state index contributed by atoms with van der Waals surface area (Å²) in [5.74, 6) is -2.68. The average molecular weight is 836 g/mol. The number of allylic oxidation sites excluding steroid dienone is 2. The van der Waals surface area contributed by atoms with Gasteiger partial charge in [-0.2, -0.15) is 0 Å². The van der Waals surface area contributed by atoms with Gasteiger partial charge in [-0.3, -0.25) is 9.59 Å². The molecular weight excluding hydrogens is 762 g/mol. The van der Waals surface area contributed by atoms with Crippen LogP contribution in [0.4, 0.5) is 0 Å². The van der Waals surface area contributed by atoms with E-state index in [1.165, 1.54) is 18.1 Å². The number of carbonyl (C=O) groups is 3. The lowest BCUT2D eigenvalue weighted by atomic mass is 9.78. The summed E-state index contributed by atoms with van der Waals surface area (Å²) in [4.78, 5) is 39.4. The Labute approximate surface area is 351 Å². The van der Waals surface area contributed by atoms with Crippen molar-refractivity contribution in [2.24, 2.45) is 29.6 Å². The maximum atomic E-state index is 13.6. The molecule has 0 radical (unpaired) electrons. The van der Waals surface area contributed by atoms with Crippen LogP contribution in [0.3, 0.4) is 0 Å². The first-order valence-corrected chi connectivity index (χ1v) is 21.0. The van der Waals surface area contributed by atoms with E-state index >= 15 is 0 Å². The highest BCUT2D eigenvalue weighted by atomic mass is 16.6. The number of cyclic esters (lactones) is 1. The van der Waals surface area contributed by atoms with Crippen molar-refractivity contribution in [3.63, 3.8) is 0 Å². The van der Waals surface area contributed by atoms with Crippen molar-refractivity contribution < 1.29 is 62.9 Å². The summed E-state index contributed by atoms with van der Waals surface area (Å²) in [5, 5.41) is 34.6. The van der Waals surface area contributed by atoms with E-state index in [-0.39, 0.29) is 42.9 Å². The number of hydrogen-bond donors (Lipinski definition) is 3. The van der Waals surface area contributed by atoms with E-state index in [9.17, 15) is 29.7 Å². The van der Waals surface area contributed by atoms with Crippen molar-refractivity contribution in [3.8, 4) is 0 Å². The van der Waals surface area contributed by atoms with Crippen LogP contribution in [0.1, 0.15) is 80.1 Å². The molecule has 1 spiro atoms. The van der Waals surface area contributed by atoms with Gasteiger partial charge in [-0.1, -0.05) is 70.6 Å². The first-order valence-electron chi connectivity index (χ1n) is 21.0. The molecule has 16 atom stereocenters. The molecule has 3 aliphatic rings. The zero-order valence-electron chi connectivity index (χ0n) is 37.1. The Morgan fingerprint density at radius 3 is 2.31 bits per heavy atom. The van der Waals surface area contributed by atoms with Crippen LogP contribution < -0.4 is 0 Å². The molecule has 0 aliphatic carbocycles. The monoisotopic (exact) mass is 836 g/mol. The molecule has 1 saturated heterocycles. The second-order valence-electron chi connectivity index (χ2n) is 17.0. The predicted molar refractivity (Wildman–Crippen MR) is 222 cm³/mol. The zero-order valence-corrected chi connectivity index (χ0v) is 37.1. The molecule has 0 saturated carbocycles. The van der Waals surface area contributed by atoms with Crippen LogP contribution >= 0.6 is 0 Å². The number of rotatable bonds is 16. The highest BCUT2D eigenvalue weighted by molar-refractivity contribution is 5.82. The van der Waals surface area contributed by atoms with Crippen molar-refractivity contribution in [1.29, 1.82) is 0 Å². The number of esters is 1. The van der Waals surface area contributed by atoms with Gasteiger partial charge in [0.25, 0.3) is 0 Å². The Hall–Kier alpha value is -2.79. The summed E-state index contributed by atoms with van der Waals surface area (Å²) in [6.45, 7) is 11.4. The second kappa shape index (κ2) is 24.0. The van der Waals surface area contributed by atoms with E-state index in [2.05, 4.69) is 0 Å². The fourth-order valence-electron chi connectivity index (χ4n) is 8.64. The number of Topliss-reactive ketones (excluding diaryl/α,β-unsaturated/α-hetero) is 1. The van der Waals surface area contributed by atoms with Gasteiger partial charge in [-0.15, -0.1) is 0 Å². The number of aliphatic hydroxyl groups is 3. The molecule has 3 N–H and O–H groups in total. The van der Waals surface area contributed by atoms with Crippen LogP contribution in [-0.2, 0) is 47.5 Å². The Balaban J connectivity index is 1.88. The number of ether oxygens (including phenoxy) is 7. The fraction of sp³-hybridized carbons (Fsp3) is 0.756. The Morgan fingerprint density at radius 2 is 1.71 bits per heavy atom. The average Bonchev–Trinajstić information content (AvgIpc) is 4.03. The van der Waals surface area contributed by atoms with E-state index in [4.69, 9.17) is 33.2 Å². The van der Waals surface area contributed by atoms with Gasteiger partial charge in [-0.25, -0.2) is 4.79 Å². The van der Waals surface area contributed by atoms with Gasteiger partial charge in [0, 0.05) is 97.1 Å². The summed E-state index contributed by atoms with van der Waals surface area (Å²) in [6.07, 6.45) is 8.18. The Bertz CT molecular complexity index is 1440. The topological polar surface area (TPSA) is 183 Å². The molecule has 14 heteroatoms. The summed E-state index contributed by atoms with van der Waals surface area (Å²) in [5.41, 5.74) is -0.390. The van der Waals surface area contributed by atoms with Crippen LogP contribution in [-0.4, -0.2) is 147 Å². The largest absolute Gasteiger partial charge is 0.458 e. The number of carbonyl (C=O) groups excluding carboxylic acids is 3. The zero-order chi connectivity index (χ0) is 44.0. The maximum Gasteiger partial charge on any atom is 0.331 e. The quantitative estimate of drug-likeness (QED) is 0.0865. The first kappa shape index (κ1) is 50.6. The standard InChI is InChI=1S/C45H73NO13/c1-27-15-18-41(51)59-44(32(6)42(52)28(2)16-17-35(48)30(4)43(56-11)29(3)19-20-46(7)26-47)31(5)37(53-8)24-40(55-10)45(25-57-45)39(50)23-34-14-12-13-33(58-34)22-38(54-9)36(49)21-27/h12-13,15,18-21,26,28-34,36-40,42-44,49-50,52H,14,16-17,22-25H2,1-11H3/b18-15?,20-19+,27-21+/t28-,29+,30-,31-,32-,33-,34-,36-,37+,38+,39-,40-,42-,43+,44-,45-/m0/s1. The van der Waals surface area contributed by atoms with E-state index in [0.29, 0.717) is 44.1 Å². The summed E-state index contributed by atoms with van der Waals surface area (Å²) < 4.78 is 41.9. The number of methoxy groups -OCH3 is 4. The van der Waals surface area contributed by atoms with Gasteiger partial charge >= 0.3 is 5.97 Å². The molecule has 3 aliphatic heterocycles. The third kappa shape index (κ3) is 14.1. The number of nitrogens with zero attached hydrogens (tertiary/aromatic N) is 1. The predicted octanol–water partition coefficient (Wildman–Crippen LogP) is 4.34. The van der Waals surface area contributed by atoms with E-state index in [0.717, 1.165) is 0 Å². The minimum Gasteiger partial charge on any atom is -0.458 e. The normalized spacial score (nSPS) is 35.1. The van der Waals surface area contributed by atoms with Crippen LogP contribution in [0, 0.1) is 29.6 Å². The van der Waals surface area contributed by atoms with Gasteiger partial charge in [0.05, 0.1) is 61.5 Å². The molecule has 336 valence electrons. The lowest BCUT2D eigenvalue weighted by Crippen LogP contribution is -2.49. The number of fused-ring (bicyclic) bond motifs is 2. The molecule has 14 nitrogen and oxygen atoms in total. The van der Waals surface area contributed by atoms with E-state index < -0.39 is 78.2 Å². The van der Waals surface area contributed by atoms with Gasteiger partial charge in [-0.05, 0) is 25.7 Å². The molecular formula is C45H73NO13. The van der Waals surface area contributed by atoms with Gasteiger partial charge in [0.2, 0.25) is 6.41 Å². The highest BCUT2D eigenvalue weighted by Gasteiger charge is 2.59. The van der Waals surface area contributed by atoms with Crippen molar-refractivity contribution in [3.05, 3.63) is 48.2 Å². The third-order valence-electron chi connectivity index (χ3n) is 12.7. The summed E-state index contributed by atoms with van der Waals surface area (Å²) >= 11 is 0. The Morgan fingerprint density at radius 1 is 1.03 bits per heavy atom. The molecule has 0 aromatic carbocycles. The molecule has 59 heavy (non-hydrogen) atoms. The van der Waals surface area contributed by atoms with Crippen LogP contribution in [0.5, 0.6) is 0 Å². The lowest BCUT2D eigenvalue weighted by molar-refractivity contribution is -0.159. The molecule has 0 aromatic rings. The molecule has 0 unspecified atom stereocenters. The van der Waals surface area contributed by atoms with Crippen LogP contribution in [0.2, 0.25) is 0 Å². The number of amides is 1. The number of epoxide rings is 1. The Kier molecular flexibility index (Phi) is 20.6. The smallest absolute Gasteiger partial charge is 0.331 e. The number of aliphatic hydroxyl groups excluding tert-OH is 3. The highest BCUT2D eigenvalue weighted by Crippen LogP contribution is 2.42. The number of hydrogen-bond acceptors (Lipinski definition) is 13. The van der Waals surface area contributed by atoms with Crippen molar-refractivity contribution in [2.75, 3.05) is 42.1 Å².